The summed E-state index contributed by atoms with van der Waals surface area (Å²) in [7, 11) is 4.90. The summed E-state index contributed by atoms with van der Waals surface area (Å²) in [5.74, 6) is -1.56. The van der Waals surface area contributed by atoms with Crippen molar-refractivity contribution in [1.82, 2.24) is 4.90 Å². The van der Waals surface area contributed by atoms with E-state index < -0.39 is 128 Å². The molecule has 0 bridgehead atoms. The highest BCUT2D eigenvalue weighted by Gasteiger charge is 2.52. The standard InChI is InChI=1S/C42H73NO16/c1-22-18-27(16-17-44)36(59-40-34(47)33(43(8)9)35(24(3)56-40)58-32-21-42(7,51)39(49)26(5)55-32)37(52-10)28(45)19-30(46)53-23(2)14-12-11-13-15-29(22)57-31-20-41(6,50)38(48)25(4)54-31/h11-13,15,22-29,31-40,44-45,47-51H,14,16-21H2,1-10H3/b12-11-,15-13-/t22-,23-,24-,25+,26+,27+,28-,29+,31+,32+,33-,34-,35-,36+,37+,38+,39+,40+,41-,42-/m1/s1. The fourth-order valence-electron chi connectivity index (χ4n) is 8.88. The van der Waals surface area contributed by atoms with Gasteiger partial charge in [-0.05, 0) is 80.3 Å². The molecular weight excluding hydrogens is 774 g/mol. The van der Waals surface area contributed by atoms with Gasteiger partial charge in [-0.25, -0.2) is 0 Å². The van der Waals surface area contributed by atoms with E-state index in [1.807, 2.05) is 31.2 Å². The van der Waals surface area contributed by atoms with Crippen LogP contribution < -0.4 is 0 Å². The number of carbonyl (C=O) groups is 1. The van der Waals surface area contributed by atoms with Gasteiger partial charge in [0.05, 0.1) is 60.3 Å². The second-order valence-corrected chi connectivity index (χ2v) is 17.8. The average Bonchev–Trinajstić information content (AvgIpc) is 3.12. The number of nitrogens with zero attached hydrogens (tertiary/aromatic N) is 1. The van der Waals surface area contributed by atoms with Gasteiger partial charge < -0.3 is 78.5 Å². The lowest BCUT2D eigenvalue weighted by molar-refractivity contribution is -0.344. The molecule has 4 heterocycles. The molecule has 0 aromatic rings. The van der Waals surface area contributed by atoms with E-state index in [1.54, 1.807) is 46.7 Å². The average molecular weight is 848 g/mol. The summed E-state index contributed by atoms with van der Waals surface area (Å²) < 4.78 is 49.4. The van der Waals surface area contributed by atoms with E-state index in [9.17, 15) is 40.5 Å². The first-order valence-electron chi connectivity index (χ1n) is 21.0. The first kappa shape index (κ1) is 50.0. The third-order valence-corrected chi connectivity index (χ3v) is 12.2. The largest absolute Gasteiger partial charge is 0.462 e. The molecule has 0 saturated carbocycles. The van der Waals surface area contributed by atoms with Crippen molar-refractivity contribution in [1.29, 1.82) is 0 Å². The van der Waals surface area contributed by atoms with Gasteiger partial charge in [-0.1, -0.05) is 31.2 Å². The van der Waals surface area contributed by atoms with E-state index in [1.165, 1.54) is 21.0 Å². The number of cyclic esters (lactones) is 1. The molecule has 59 heavy (non-hydrogen) atoms. The lowest BCUT2D eigenvalue weighted by atomic mass is 9.82. The van der Waals surface area contributed by atoms with Crippen LogP contribution in [0, 0.1) is 11.8 Å². The van der Waals surface area contributed by atoms with Crippen LogP contribution in [-0.2, 0) is 42.7 Å². The molecule has 0 radical (unpaired) electrons. The summed E-state index contributed by atoms with van der Waals surface area (Å²) >= 11 is 0. The van der Waals surface area contributed by atoms with Crippen LogP contribution in [0.15, 0.2) is 24.3 Å². The molecular formula is C42H73NO16. The van der Waals surface area contributed by atoms with Crippen molar-refractivity contribution in [3.63, 3.8) is 0 Å². The summed E-state index contributed by atoms with van der Waals surface area (Å²) in [4.78, 5) is 14.9. The van der Waals surface area contributed by atoms with Crippen LogP contribution in [0.3, 0.4) is 0 Å². The number of ether oxygens (including phenoxy) is 8. The monoisotopic (exact) mass is 847 g/mol. The number of esters is 1. The second-order valence-electron chi connectivity index (χ2n) is 17.8. The topological polar surface area (TPSA) is 236 Å². The molecule has 342 valence electrons. The van der Waals surface area contributed by atoms with Crippen molar-refractivity contribution < 1.29 is 78.4 Å². The van der Waals surface area contributed by atoms with Crippen LogP contribution >= 0.6 is 0 Å². The van der Waals surface area contributed by atoms with Crippen LogP contribution in [0.5, 0.6) is 0 Å². The zero-order valence-corrected chi connectivity index (χ0v) is 36.4. The fourth-order valence-corrected chi connectivity index (χ4v) is 8.88. The molecule has 7 N–H and O–H groups in total. The predicted molar refractivity (Wildman–Crippen MR) is 212 cm³/mol. The van der Waals surface area contributed by atoms with Crippen LogP contribution in [0.1, 0.15) is 87.0 Å². The van der Waals surface area contributed by atoms with Crippen molar-refractivity contribution >= 4 is 5.97 Å². The van der Waals surface area contributed by atoms with E-state index in [-0.39, 0.29) is 31.8 Å². The molecule has 17 nitrogen and oxygen atoms in total. The van der Waals surface area contributed by atoms with Crippen molar-refractivity contribution in [2.75, 3.05) is 27.8 Å². The summed E-state index contributed by atoms with van der Waals surface area (Å²) in [5.41, 5.74) is -2.94. The minimum Gasteiger partial charge on any atom is -0.462 e. The summed E-state index contributed by atoms with van der Waals surface area (Å²) in [5, 5.41) is 77.0. The zero-order valence-electron chi connectivity index (χ0n) is 36.4. The van der Waals surface area contributed by atoms with Crippen LogP contribution in [0.25, 0.3) is 0 Å². The highest BCUT2D eigenvalue weighted by molar-refractivity contribution is 5.70. The van der Waals surface area contributed by atoms with Gasteiger partial charge in [0.1, 0.15) is 36.6 Å². The van der Waals surface area contributed by atoms with Gasteiger partial charge in [0.2, 0.25) is 0 Å². The van der Waals surface area contributed by atoms with Crippen LogP contribution in [0.2, 0.25) is 0 Å². The molecule has 20 atom stereocenters. The van der Waals surface area contributed by atoms with E-state index in [0.717, 1.165) is 0 Å². The molecule has 0 aromatic heterocycles. The molecule has 0 aliphatic carbocycles. The van der Waals surface area contributed by atoms with Gasteiger partial charge >= 0.3 is 5.97 Å². The van der Waals surface area contributed by atoms with Crippen molar-refractivity contribution in [3.05, 3.63) is 24.3 Å². The van der Waals surface area contributed by atoms with E-state index >= 15 is 0 Å². The Morgan fingerprint density at radius 1 is 0.814 bits per heavy atom. The highest BCUT2D eigenvalue weighted by atomic mass is 16.7. The SMILES string of the molecule is CO[C@@H]1[C@@H](O[C@@H]2O[C@H](C)[C@@H](O[C@H]3C[C@@](C)(O)[C@@H](O)[C@H](C)O3)[C@H](N(C)C)[C@H]2O)[C@@H](CCO)C[C@@H](C)[C@@H](O[C@H]2C[C@@](C)(O)[C@@H](O)[C@H](C)O2)/C=C\C=C/C[C@@H](C)OC(=O)C[C@H]1O. The molecule has 0 aromatic carbocycles. The summed E-state index contributed by atoms with van der Waals surface area (Å²) in [6, 6.07) is -0.743. The molecule has 0 unspecified atom stereocenters. The number of carbonyl (C=O) groups excluding carboxylic acids is 1. The Bertz CT molecular complexity index is 1360. The Balaban J connectivity index is 1.68. The molecule has 17 heteroatoms. The van der Waals surface area contributed by atoms with Crippen LogP contribution in [-0.4, -0.2) is 184 Å². The maximum Gasteiger partial charge on any atom is 0.308 e. The fraction of sp³-hybridized carbons (Fsp3) is 0.881. The van der Waals surface area contributed by atoms with Gasteiger partial charge in [0.15, 0.2) is 18.9 Å². The Labute approximate surface area is 349 Å². The Morgan fingerprint density at radius 2 is 1.41 bits per heavy atom. The molecule has 4 aliphatic heterocycles. The normalized spacial score (nSPS) is 48.3. The number of hydrogen-bond donors (Lipinski definition) is 7. The van der Waals surface area contributed by atoms with Crippen molar-refractivity contribution in [2.45, 2.75) is 196 Å². The highest BCUT2D eigenvalue weighted by Crippen LogP contribution is 2.38. The Kier molecular flexibility index (Phi) is 18.3. The molecule has 0 spiro atoms. The maximum atomic E-state index is 13.1. The minimum absolute atomic E-state index is 0.0119. The molecule has 3 fully saturated rings. The lowest BCUT2D eigenvalue weighted by Gasteiger charge is -2.50. The van der Waals surface area contributed by atoms with Crippen molar-refractivity contribution in [3.8, 4) is 0 Å². The number of hydrogen-bond acceptors (Lipinski definition) is 17. The van der Waals surface area contributed by atoms with Gasteiger partial charge in [0, 0.05) is 33.0 Å². The lowest BCUT2D eigenvalue weighted by Crippen LogP contribution is -2.65. The van der Waals surface area contributed by atoms with E-state index in [2.05, 4.69) is 0 Å². The zero-order chi connectivity index (χ0) is 44.0. The molecule has 4 rings (SSSR count). The number of likely N-dealkylation sites (N-methyl/N-ethyl adjacent to an activating group) is 1. The minimum atomic E-state index is -1.48. The maximum absolute atomic E-state index is 13.1. The Hall–Kier alpha value is -1.65. The third-order valence-electron chi connectivity index (χ3n) is 12.2. The number of rotatable bonds is 10. The van der Waals surface area contributed by atoms with Crippen molar-refractivity contribution in [2.24, 2.45) is 11.8 Å². The first-order valence-corrected chi connectivity index (χ1v) is 21.0. The summed E-state index contributed by atoms with van der Waals surface area (Å²) in [6.45, 7) is 11.5. The third kappa shape index (κ3) is 13.0. The van der Waals surface area contributed by atoms with Gasteiger partial charge in [0.25, 0.3) is 0 Å². The quantitative estimate of drug-likeness (QED) is 0.151. The number of aliphatic hydroxyl groups is 7. The molecule has 3 saturated heterocycles. The summed E-state index contributed by atoms with van der Waals surface area (Å²) in [6.07, 6.45) is -6.74. The van der Waals surface area contributed by atoms with Gasteiger partial charge in [-0.3, -0.25) is 4.79 Å². The Morgan fingerprint density at radius 3 is 1.95 bits per heavy atom. The van der Waals surface area contributed by atoms with Crippen LogP contribution in [0.4, 0.5) is 0 Å². The smallest absolute Gasteiger partial charge is 0.308 e. The van der Waals surface area contributed by atoms with E-state index in [4.69, 9.17) is 37.9 Å². The first-order chi connectivity index (χ1) is 27.6. The number of allylic oxidation sites excluding steroid dienone is 2. The van der Waals surface area contributed by atoms with Gasteiger partial charge in [-0.15, -0.1) is 0 Å². The van der Waals surface area contributed by atoms with E-state index in [0.29, 0.717) is 12.8 Å². The number of aliphatic hydroxyl groups excluding tert-OH is 5. The second kappa shape index (κ2) is 21.6. The predicted octanol–water partition coefficient (Wildman–Crippen LogP) is 0.910. The number of methoxy groups -OCH3 is 1. The molecule has 0 amide bonds. The molecule has 4 aliphatic rings. The van der Waals surface area contributed by atoms with Gasteiger partial charge in [-0.2, -0.15) is 0 Å².